The predicted molar refractivity (Wildman–Crippen MR) is 52.8 cm³/mol. The molecule has 2 N–H and O–H groups in total. The first-order chi connectivity index (χ1) is 7.46. The number of alkyl halides is 2. The lowest BCUT2D eigenvalue weighted by Gasteiger charge is -2.34. The van der Waals surface area contributed by atoms with Gasteiger partial charge in [-0.25, -0.2) is 13.6 Å². The Morgan fingerprint density at radius 1 is 1.50 bits per heavy atom. The van der Waals surface area contributed by atoms with Crippen molar-refractivity contribution in [2.45, 2.75) is 24.7 Å². The van der Waals surface area contributed by atoms with Crippen molar-refractivity contribution in [1.82, 2.24) is 4.98 Å². The first kappa shape index (κ1) is 10.8. The Bertz CT molecular complexity index is 398. The van der Waals surface area contributed by atoms with Gasteiger partial charge in [-0.1, -0.05) is 0 Å². The van der Waals surface area contributed by atoms with E-state index in [1.807, 2.05) is 0 Å². The summed E-state index contributed by atoms with van der Waals surface area (Å²) in [6.45, 7) is 0. The summed E-state index contributed by atoms with van der Waals surface area (Å²) in [6, 6.07) is 3.10. The third kappa shape index (κ3) is 2.26. The summed E-state index contributed by atoms with van der Waals surface area (Å²) >= 11 is 0. The topological polar surface area (TPSA) is 62.2 Å². The Morgan fingerprint density at radius 3 is 2.62 bits per heavy atom. The fourth-order valence-corrected chi connectivity index (χ4v) is 1.71. The van der Waals surface area contributed by atoms with Crippen LogP contribution in [-0.2, 0) is 0 Å². The van der Waals surface area contributed by atoms with Crippen LogP contribution in [0.25, 0.3) is 0 Å². The van der Waals surface area contributed by atoms with Crippen LogP contribution in [0.1, 0.15) is 24.5 Å². The molecule has 0 saturated heterocycles. The number of nitrogens with one attached hydrogen (secondary N) is 1. The van der Waals surface area contributed by atoms with Crippen LogP contribution in [0.2, 0.25) is 0 Å². The van der Waals surface area contributed by atoms with Crippen LogP contribution in [0.3, 0.4) is 0 Å². The molecular formula is C10H10F2N2O2. The highest BCUT2D eigenvalue weighted by Gasteiger charge is 2.46. The predicted octanol–water partition coefficient (Wildman–Crippen LogP) is 2.68. The van der Waals surface area contributed by atoms with Gasteiger partial charge in [0.2, 0.25) is 5.92 Å². The Morgan fingerprint density at radius 2 is 2.19 bits per heavy atom. The highest BCUT2D eigenvalue weighted by molar-refractivity contribution is 5.82. The molecule has 1 saturated carbocycles. The monoisotopic (exact) mass is 228 g/mol. The normalized spacial score (nSPS) is 18.9. The molecule has 2 rings (SSSR count). The van der Waals surface area contributed by atoms with Crippen molar-refractivity contribution in [1.29, 1.82) is 0 Å². The van der Waals surface area contributed by atoms with Gasteiger partial charge < -0.3 is 5.11 Å². The molecule has 0 aliphatic heterocycles. The van der Waals surface area contributed by atoms with Gasteiger partial charge in [-0.3, -0.25) is 10.3 Å². The number of halogens is 2. The molecule has 1 amide bonds. The smallest absolute Gasteiger partial charge is 0.409 e. The number of rotatable bonds is 2. The molecule has 1 heterocycles. The molecule has 0 bridgehead atoms. The van der Waals surface area contributed by atoms with Crippen LogP contribution in [0.15, 0.2) is 18.3 Å². The van der Waals surface area contributed by atoms with Crippen LogP contribution in [0.5, 0.6) is 0 Å². The van der Waals surface area contributed by atoms with Crippen molar-refractivity contribution < 1.29 is 18.7 Å². The number of carbonyl (C=O) groups is 1. The van der Waals surface area contributed by atoms with E-state index in [0.717, 1.165) is 0 Å². The van der Waals surface area contributed by atoms with E-state index in [1.165, 1.54) is 12.3 Å². The summed E-state index contributed by atoms with van der Waals surface area (Å²) in [4.78, 5) is 14.3. The van der Waals surface area contributed by atoms with Gasteiger partial charge in [0.25, 0.3) is 0 Å². The average molecular weight is 228 g/mol. The molecule has 1 aromatic heterocycles. The fourth-order valence-electron chi connectivity index (χ4n) is 1.71. The number of nitrogens with zero attached hydrogens (tertiary/aromatic N) is 1. The van der Waals surface area contributed by atoms with Crippen molar-refractivity contribution in [3.8, 4) is 0 Å². The van der Waals surface area contributed by atoms with Gasteiger partial charge in [0.05, 0.1) is 11.9 Å². The molecule has 6 heteroatoms. The largest absolute Gasteiger partial charge is 0.465 e. The minimum absolute atomic E-state index is 0.175. The summed E-state index contributed by atoms with van der Waals surface area (Å²) in [6.07, 6.45) is -0.193. The summed E-state index contributed by atoms with van der Waals surface area (Å²) in [5.41, 5.74) is 0.921. The molecule has 86 valence electrons. The molecule has 0 radical (unpaired) electrons. The van der Waals surface area contributed by atoms with Gasteiger partial charge in [-0.05, 0) is 12.1 Å². The van der Waals surface area contributed by atoms with Gasteiger partial charge in [-0.15, -0.1) is 0 Å². The first-order valence-electron chi connectivity index (χ1n) is 4.80. The molecule has 0 spiro atoms. The second kappa shape index (κ2) is 3.70. The summed E-state index contributed by atoms with van der Waals surface area (Å²) < 4.78 is 25.2. The highest BCUT2D eigenvalue weighted by atomic mass is 19.3. The Kier molecular flexibility index (Phi) is 2.49. The third-order valence-corrected chi connectivity index (χ3v) is 2.55. The van der Waals surface area contributed by atoms with Crippen LogP contribution in [0, 0.1) is 0 Å². The SMILES string of the molecule is O=C(O)Nc1ccc(C2CC(F)(F)C2)nc1. The molecule has 1 fully saturated rings. The molecule has 0 unspecified atom stereocenters. The molecule has 1 aliphatic carbocycles. The van der Waals surface area contributed by atoms with Gasteiger partial charge in [0.15, 0.2) is 0 Å². The number of hydrogen-bond donors (Lipinski definition) is 2. The Balaban J connectivity index is 2.01. The summed E-state index contributed by atoms with van der Waals surface area (Å²) in [7, 11) is 0. The van der Waals surface area contributed by atoms with Crippen LogP contribution < -0.4 is 5.32 Å². The van der Waals surface area contributed by atoms with Crippen molar-refractivity contribution in [3.63, 3.8) is 0 Å². The molecule has 0 atom stereocenters. The molecular weight excluding hydrogens is 218 g/mol. The Labute approximate surface area is 90.3 Å². The maximum absolute atomic E-state index is 12.6. The zero-order chi connectivity index (χ0) is 11.8. The fraction of sp³-hybridized carbons (Fsp3) is 0.400. The van der Waals surface area contributed by atoms with E-state index in [0.29, 0.717) is 11.4 Å². The average Bonchev–Trinajstić information content (AvgIpc) is 2.14. The molecule has 16 heavy (non-hydrogen) atoms. The minimum Gasteiger partial charge on any atom is -0.465 e. The van der Waals surface area contributed by atoms with E-state index in [2.05, 4.69) is 10.3 Å². The van der Waals surface area contributed by atoms with Gasteiger partial charge in [0.1, 0.15) is 0 Å². The van der Waals surface area contributed by atoms with E-state index in [4.69, 9.17) is 5.11 Å². The van der Waals surface area contributed by atoms with Crippen LogP contribution in [0.4, 0.5) is 19.3 Å². The number of carboxylic acid groups (broad SMARTS) is 1. The maximum Gasteiger partial charge on any atom is 0.409 e. The number of hydrogen-bond acceptors (Lipinski definition) is 2. The maximum atomic E-state index is 12.6. The second-order valence-electron chi connectivity index (χ2n) is 3.86. The van der Waals surface area contributed by atoms with E-state index in [1.54, 1.807) is 6.07 Å². The van der Waals surface area contributed by atoms with E-state index >= 15 is 0 Å². The molecule has 1 aromatic rings. The second-order valence-corrected chi connectivity index (χ2v) is 3.86. The van der Waals surface area contributed by atoms with Gasteiger partial charge in [-0.2, -0.15) is 0 Å². The number of anilines is 1. The first-order valence-corrected chi connectivity index (χ1v) is 4.80. The lowest BCUT2D eigenvalue weighted by molar-refractivity contribution is -0.0875. The third-order valence-electron chi connectivity index (χ3n) is 2.55. The molecule has 0 aromatic carbocycles. The number of pyridine rings is 1. The van der Waals surface area contributed by atoms with E-state index < -0.39 is 12.0 Å². The number of amides is 1. The highest BCUT2D eigenvalue weighted by Crippen LogP contribution is 2.47. The minimum atomic E-state index is -2.57. The van der Waals surface area contributed by atoms with Gasteiger partial charge >= 0.3 is 6.09 Å². The van der Waals surface area contributed by atoms with Gasteiger partial charge in [0, 0.05) is 24.5 Å². The summed E-state index contributed by atoms with van der Waals surface area (Å²) in [5, 5.41) is 10.6. The van der Waals surface area contributed by atoms with Crippen molar-refractivity contribution in [2.75, 3.05) is 5.32 Å². The lowest BCUT2D eigenvalue weighted by Crippen LogP contribution is -2.34. The van der Waals surface area contributed by atoms with E-state index in [-0.39, 0.29) is 18.8 Å². The zero-order valence-corrected chi connectivity index (χ0v) is 8.28. The van der Waals surface area contributed by atoms with Crippen LogP contribution >= 0.6 is 0 Å². The quantitative estimate of drug-likeness (QED) is 0.817. The van der Waals surface area contributed by atoms with Crippen molar-refractivity contribution in [3.05, 3.63) is 24.0 Å². The summed E-state index contributed by atoms with van der Waals surface area (Å²) in [5.74, 6) is -2.78. The lowest BCUT2D eigenvalue weighted by atomic mass is 9.79. The van der Waals surface area contributed by atoms with Crippen molar-refractivity contribution >= 4 is 11.8 Å². The molecule has 4 nitrogen and oxygen atoms in total. The molecule has 1 aliphatic rings. The zero-order valence-electron chi connectivity index (χ0n) is 8.28. The van der Waals surface area contributed by atoms with Crippen LogP contribution in [-0.4, -0.2) is 22.1 Å². The van der Waals surface area contributed by atoms with Crippen molar-refractivity contribution in [2.24, 2.45) is 0 Å². The Hall–Kier alpha value is -1.72. The van der Waals surface area contributed by atoms with E-state index in [9.17, 15) is 13.6 Å². The standard InChI is InChI=1S/C10H10F2N2O2/c11-10(12)3-6(4-10)8-2-1-7(5-13-8)14-9(15)16/h1-2,5-6,14H,3-4H2,(H,15,16). The number of aromatic nitrogens is 1.